The zero-order valence-electron chi connectivity index (χ0n) is 12.8. The highest BCUT2D eigenvalue weighted by Crippen LogP contribution is 2.22. The third-order valence-electron chi connectivity index (χ3n) is 4.20. The lowest BCUT2D eigenvalue weighted by atomic mass is 10.0. The average Bonchev–Trinajstić information content (AvgIpc) is 2.62. The molecule has 0 spiro atoms. The molecule has 0 aliphatic rings. The monoisotopic (exact) mass is 293 g/mol. The summed E-state index contributed by atoms with van der Waals surface area (Å²) in [6.07, 6.45) is 6.51. The summed E-state index contributed by atoms with van der Waals surface area (Å²) in [5.41, 5.74) is 2.50. The van der Waals surface area contributed by atoms with E-state index < -0.39 is 0 Å². The van der Waals surface area contributed by atoms with Crippen molar-refractivity contribution in [2.75, 3.05) is 0 Å². The lowest BCUT2D eigenvalue weighted by molar-refractivity contribution is 1.58. The Kier molecular flexibility index (Phi) is 3.65. The van der Waals surface area contributed by atoms with Gasteiger partial charge in [-0.1, -0.05) is 97.1 Å². The van der Waals surface area contributed by atoms with Gasteiger partial charge in [-0.05, 0) is 32.7 Å². The highest BCUT2D eigenvalue weighted by atomic mass is 14.0. The zero-order valence-corrected chi connectivity index (χ0v) is 12.8. The Morgan fingerprint density at radius 2 is 1.00 bits per heavy atom. The summed E-state index contributed by atoms with van der Waals surface area (Å²) < 4.78 is 0. The van der Waals surface area contributed by atoms with Crippen LogP contribution in [-0.2, 0) is 0 Å². The van der Waals surface area contributed by atoms with Crippen LogP contribution in [0.3, 0.4) is 0 Å². The molecule has 109 valence electrons. The molecule has 0 nitrogen and oxygen atoms in total. The Morgan fingerprint density at radius 1 is 0.478 bits per heavy atom. The topological polar surface area (TPSA) is 0 Å². The first-order valence-corrected chi connectivity index (χ1v) is 7.89. The second kappa shape index (κ2) is 6.10. The Balaban J connectivity index is 1.66. The van der Waals surface area contributed by atoms with Crippen molar-refractivity contribution in [3.8, 4) is 0 Å². The summed E-state index contributed by atoms with van der Waals surface area (Å²) >= 11 is 0. The van der Waals surface area contributed by atoms with E-state index in [2.05, 4.69) is 104 Å². The largest absolute Gasteiger partial charge is 0.0754 e. The van der Waals surface area contributed by atoms with Crippen LogP contribution >= 0.6 is 0 Å². The molecular formula is C23H17. The van der Waals surface area contributed by atoms with E-state index in [1.807, 2.05) is 0 Å². The maximum Gasteiger partial charge on any atom is 0.0131 e. The van der Waals surface area contributed by atoms with Crippen LogP contribution < -0.4 is 0 Å². The van der Waals surface area contributed by atoms with Crippen LogP contribution in [0.2, 0.25) is 0 Å². The van der Waals surface area contributed by atoms with E-state index >= 15 is 0 Å². The first-order chi connectivity index (χ1) is 11.4. The highest BCUT2D eigenvalue weighted by molar-refractivity contribution is 5.91. The number of rotatable bonds is 3. The van der Waals surface area contributed by atoms with Crippen molar-refractivity contribution in [2.24, 2.45) is 0 Å². The van der Waals surface area contributed by atoms with Gasteiger partial charge in [0.15, 0.2) is 0 Å². The Hall–Kier alpha value is -2.86. The number of hydrogen-bond acceptors (Lipinski definition) is 0. The molecule has 0 aromatic heterocycles. The van der Waals surface area contributed by atoms with Crippen LogP contribution in [0.25, 0.3) is 27.6 Å². The SMILES string of the molecule is [CH](C=Cc1cccc2ccccc12)c1cccc2ccccc12. The molecule has 0 N–H and O–H groups in total. The Labute approximate surface area is 136 Å². The van der Waals surface area contributed by atoms with E-state index in [9.17, 15) is 0 Å². The molecule has 0 unspecified atom stereocenters. The van der Waals surface area contributed by atoms with E-state index in [-0.39, 0.29) is 0 Å². The van der Waals surface area contributed by atoms with Gasteiger partial charge >= 0.3 is 0 Å². The molecule has 0 amide bonds. The van der Waals surface area contributed by atoms with Crippen molar-refractivity contribution in [3.63, 3.8) is 0 Å². The minimum atomic E-state index is 1.25. The summed E-state index contributed by atoms with van der Waals surface area (Å²) in [5, 5.41) is 5.13. The fraction of sp³-hybridized carbons (Fsp3) is 0. The maximum atomic E-state index is 2.18. The van der Waals surface area contributed by atoms with Crippen LogP contribution in [-0.4, -0.2) is 0 Å². The van der Waals surface area contributed by atoms with Gasteiger partial charge in [0.25, 0.3) is 0 Å². The molecule has 0 fully saturated rings. The van der Waals surface area contributed by atoms with Crippen LogP contribution in [0.15, 0.2) is 91.0 Å². The van der Waals surface area contributed by atoms with Crippen LogP contribution in [0, 0.1) is 6.42 Å². The summed E-state index contributed by atoms with van der Waals surface area (Å²) in [5.74, 6) is 0. The van der Waals surface area contributed by atoms with Crippen molar-refractivity contribution in [1.29, 1.82) is 0 Å². The molecule has 4 aromatic rings. The zero-order chi connectivity index (χ0) is 15.5. The lowest BCUT2D eigenvalue weighted by Crippen LogP contribution is -1.82. The van der Waals surface area contributed by atoms with Gasteiger partial charge in [0.05, 0.1) is 0 Å². The molecule has 23 heavy (non-hydrogen) atoms. The van der Waals surface area contributed by atoms with Gasteiger partial charge in [0, 0.05) is 6.42 Å². The van der Waals surface area contributed by atoms with Gasteiger partial charge in [-0.15, -0.1) is 0 Å². The Bertz CT molecular complexity index is 982. The van der Waals surface area contributed by atoms with E-state index in [1.165, 1.54) is 32.7 Å². The van der Waals surface area contributed by atoms with E-state index in [0.717, 1.165) is 0 Å². The standard InChI is InChI=1S/C23H17/c1-3-16-22-18(8-1)10-5-12-20(22)14-7-15-21-13-6-11-19-9-2-4-17-23(19)21/h1-17H. The van der Waals surface area contributed by atoms with E-state index in [0.29, 0.717) is 0 Å². The first-order valence-electron chi connectivity index (χ1n) is 7.89. The number of allylic oxidation sites excluding steroid dienone is 1. The molecule has 0 atom stereocenters. The van der Waals surface area contributed by atoms with Gasteiger partial charge < -0.3 is 0 Å². The van der Waals surface area contributed by atoms with Gasteiger partial charge in [0.2, 0.25) is 0 Å². The molecule has 4 aromatic carbocycles. The second-order valence-corrected chi connectivity index (χ2v) is 5.66. The quantitative estimate of drug-likeness (QED) is 0.418. The summed E-state index contributed by atoms with van der Waals surface area (Å²) in [4.78, 5) is 0. The third kappa shape index (κ3) is 2.76. The predicted molar refractivity (Wildman–Crippen MR) is 100 cm³/mol. The lowest BCUT2D eigenvalue weighted by Gasteiger charge is -2.04. The van der Waals surface area contributed by atoms with E-state index in [1.54, 1.807) is 0 Å². The fourth-order valence-corrected chi connectivity index (χ4v) is 3.05. The molecule has 0 aliphatic heterocycles. The van der Waals surface area contributed by atoms with Gasteiger partial charge in [-0.25, -0.2) is 0 Å². The predicted octanol–water partition coefficient (Wildman–Crippen LogP) is 6.26. The van der Waals surface area contributed by atoms with Crippen molar-refractivity contribution >= 4 is 27.6 Å². The van der Waals surface area contributed by atoms with Crippen molar-refractivity contribution in [2.45, 2.75) is 0 Å². The summed E-state index contributed by atoms with van der Waals surface area (Å²) in [7, 11) is 0. The van der Waals surface area contributed by atoms with Crippen molar-refractivity contribution in [3.05, 3.63) is 109 Å². The minimum absolute atomic E-state index is 1.25. The van der Waals surface area contributed by atoms with Crippen LogP contribution in [0.5, 0.6) is 0 Å². The van der Waals surface area contributed by atoms with Crippen molar-refractivity contribution in [1.82, 2.24) is 0 Å². The molecule has 0 saturated carbocycles. The molecule has 0 heterocycles. The smallest absolute Gasteiger partial charge is 0.0131 e. The fourth-order valence-electron chi connectivity index (χ4n) is 3.05. The third-order valence-corrected chi connectivity index (χ3v) is 4.20. The van der Waals surface area contributed by atoms with Gasteiger partial charge in [0.1, 0.15) is 0 Å². The molecule has 0 saturated heterocycles. The molecule has 4 rings (SSSR count). The second-order valence-electron chi connectivity index (χ2n) is 5.66. The molecule has 0 bridgehead atoms. The molecule has 0 heteroatoms. The maximum absolute atomic E-state index is 2.18. The van der Waals surface area contributed by atoms with E-state index in [4.69, 9.17) is 0 Å². The van der Waals surface area contributed by atoms with Gasteiger partial charge in [-0.3, -0.25) is 0 Å². The Morgan fingerprint density at radius 3 is 1.70 bits per heavy atom. The number of hydrogen-bond donors (Lipinski definition) is 0. The van der Waals surface area contributed by atoms with Crippen LogP contribution in [0.1, 0.15) is 11.1 Å². The summed E-state index contributed by atoms with van der Waals surface area (Å²) in [6, 6.07) is 29.9. The summed E-state index contributed by atoms with van der Waals surface area (Å²) in [6.45, 7) is 0. The minimum Gasteiger partial charge on any atom is -0.0754 e. The molecule has 0 aliphatic carbocycles. The van der Waals surface area contributed by atoms with Crippen molar-refractivity contribution < 1.29 is 0 Å². The highest BCUT2D eigenvalue weighted by Gasteiger charge is 1.99. The average molecular weight is 293 g/mol. The number of fused-ring (bicyclic) bond motifs is 2. The number of benzene rings is 4. The van der Waals surface area contributed by atoms with Gasteiger partial charge in [-0.2, -0.15) is 0 Å². The molecular weight excluding hydrogens is 276 g/mol. The molecule has 1 radical (unpaired) electrons. The normalized spacial score (nSPS) is 11.5. The first kappa shape index (κ1) is 13.8. The van der Waals surface area contributed by atoms with Crippen LogP contribution in [0.4, 0.5) is 0 Å².